The smallest absolute Gasteiger partial charge is 0.136 e. The monoisotopic (exact) mass is 1760 g/mol. The normalized spacial score (nSPS) is 11.9. The van der Waals surface area contributed by atoms with Gasteiger partial charge in [-0.1, -0.05) is 352 Å². The molecule has 138 heavy (non-hydrogen) atoms. The Bertz CT molecular complexity index is 10200. The quantitative estimate of drug-likeness (QED) is 0.130. The molecule has 0 fully saturated rings. The molecule has 9 aromatic heterocycles. The van der Waals surface area contributed by atoms with Crippen LogP contribution in [0.2, 0.25) is 0 Å². The van der Waals surface area contributed by atoms with Crippen LogP contribution in [0.15, 0.2) is 481 Å². The Labute approximate surface area is 788 Å². The molecule has 0 unspecified atom stereocenters. The summed E-state index contributed by atoms with van der Waals surface area (Å²) in [5, 5.41) is 23.7. The number of furan rings is 6. The lowest BCUT2D eigenvalue weighted by atomic mass is 9.89. The van der Waals surface area contributed by atoms with E-state index in [2.05, 4.69) is 388 Å². The SMILES string of the molecule is c1ccc(-c2c3c(cc4c(-c5ccc(-c6ccc7c(c6)oc6ccccc67)cc5)nc5ccccc5c24)oc2ccccc23)cc1.c1ccc(-c2c3c(cc4c(-c5ccc(-c6ccc7oc8ccccc8c7c6)cc5)nc5ccccc5c24)oc2ccccc23)cc1.c1ccc(-c2c3c(cc4c(-c5ccc(-c6cccc7oc8ccccc8c67)cc5)nc5ccccc5c24)oc2ccccc23)cc1. The molecular weight excluding hydrogens is 1690 g/mol. The van der Waals surface area contributed by atoms with Crippen molar-refractivity contribution in [2.24, 2.45) is 0 Å². The second-order valence-corrected chi connectivity index (χ2v) is 35.6. The number of nitrogens with zero attached hydrogens (tertiary/aromatic N) is 3. The summed E-state index contributed by atoms with van der Waals surface area (Å²) in [5.41, 5.74) is 33.4. The molecule has 0 bridgehead atoms. The summed E-state index contributed by atoms with van der Waals surface area (Å²) in [6.45, 7) is 0. The maximum atomic E-state index is 6.53. The van der Waals surface area contributed by atoms with Crippen LogP contribution in [0.1, 0.15) is 0 Å². The summed E-state index contributed by atoms with van der Waals surface area (Å²) in [7, 11) is 0. The molecule has 0 saturated heterocycles. The standard InChI is InChI=1S/3C43H25NO2/c1-2-11-27(12-3-1)39-41-30-13-4-7-17-34(30)44-43(33(41)25-38-42(39)32-15-6-9-19-36(32)46-38)28-23-21-26(22-24-28)29-16-10-20-37-40(29)31-14-5-8-18-35(31)45-37;1-2-10-27(11-3-1)40-41-32-13-4-7-15-35(32)44-43(34(41)25-39-42(40)33-14-6-9-17-37(33)46-39)28-20-18-26(19-21-28)29-22-23-31-30-12-5-8-16-36(30)45-38(31)24-29;1-2-10-27(11-3-1)40-41-31-13-4-7-15-35(31)44-43(34(41)25-39-42(40)32-14-6-9-17-37(32)46-39)28-20-18-26(19-21-28)29-22-23-38-33(24-29)30-12-5-8-16-36(30)45-38/h3*1-25H. The van der Waals surface area contributed by atoms with Crippen LogP contribution in [-0.4, -0.2) is 15.0 Å². The first-order chi connectivity index (χ1) is 68.4. The van der Waals surface area contributed by atoms with E-state index in [1.807, 2.05) is 66.7 Å². The van der Waals surface area contributed by atoms with Gasteiger partial charge in [-0.15, -0.1) is 0 Å². The van der Waals surface area contributed by atoms with Gasteiger partial charge >= 0.3 is 0 Å². The van der Waals surface area contributed by atoms with E-state index in [0.717, 1.165) is 264 Å². The first-order valence-corrected chi connectivity index (χ1v) is 46.6. The second kappa shape index (κ2) is 31.6. The Balaban J connectivity index is 0.000000102. The minimum Gasteiger partial charge on any atom is -0.456 e. The van der Waals surface area contributed by atoms with Gasteiger partial charge in [0.25, 0.3) is 0 Å². The van der Waals surface area contributed by atoms with E-state index in [1.54, 1.807) is 0 Å². The zero-order valence-electron chi connectivity index (χ0n) is 74.1. The van der Waals surface area contributed by atoms with Crippen LogP contribution in [0.3, 0.4) is 0 Å². The lowest BCUT2D eigenvalue weighted by molar-refractivity contribution is 0.668. The van der Waals surface area contributed by atoms with E-state index < -0.39 is 0 Å². The highest BCUT2D eigenvalue weighted by molar-refractivity contribution is 6.32. The van der Waals surface area contributed by atoms with Crippen LogP contribution >= 0.6 is 0 Å². The fourth-order valence-electron chi connectivity index (χ4n) is 21.6. The summed E-state index contributed by atoms with van der Waals surface area (Å²) < 4.78 is 38.0. The molecule has 0 radical (unpaired) electrons. The van der Waals surface area contributed by atoms with Gasteiger partial charge in [0.05, 0.1) is 33.6 Å². The molecule has 9 heterocycles. The van der Waals surface area contributed by atoms with E-state index in [1.165, 1.54) is 32.8 Å². The van der Waals surface area contributed by atoms with Gasteiger partial charge in [0, 0.05) is 146 Å². The number of fused-ring (bicyclic) bond motifs is 27. The number of hydrogen-bond donors (Lipinski definition) is 0. The minimum atomic E-state index is 0.862. The van der Waals surface area contributed by atoms with E-state index in [4.69, 9.17) is 41.5 Å². The van der Waals surface area contributed by atoms with Gasteiger partial charge in [0.15, 0.2) is 0 Å². The number of rotatable bonds is 9. The highest BCUT2D eigenvalue weighted by atomic mass is 16.3. The number of hydrogen-bond acceptors (Lipinski definition) is 9. The largest absolute Gasteiger partial charge is 0.456 e. The average Bonchev–Trinajstić information content (AvgIpc) is 1.71. The zero-order chi connectivity index (χ0) is 90.6. The molecule has 0 atom stereocenters. The molecular formula is C129H75N3O6. The molecule has 642 valence electrons. The van der Waals surface area contributed by atoms with Crippen LogP contribution in [0.25, 0.3) is 297 Å². The topological polar surface area (TPSA) is 118 Å². The van der Waals surface area contributed by atoms with E-state index in [0.29, 0.717) is 0 Å². The Morgan fingerprint density at radius 3 is 0.797 bits per heavy atom. The third kappa shape index (κ3) is 12.7. The second-order valence-electron chi connectivity index (χ2n) is 35.6. The van der Waals surface area contributed by atoms with Gasteiger partial charge in [0.2, 0.25) is 0 Å². The predicted molar refractivity (Wildman–Crippen MR) is 570 cm³/mol. The Kier molecular flexibility index (Phi) is 17.9. The maximum Gasteiger partial charge on any atom is 0.136 e. The van der Waals surface area contributed by atoms with Crippen LogP contribution in [0.5, 0.6) is 0 Å². The first kappa shape index (κ1) is 78.1. The summed E-state index contributed by atoms with van der Waals surface area (Å²) in [6, 6.07) is 159. The molecule has 0 aliphatic heterocycles. The van der Waals surface area contributed by atoms with Gasteiger partial charge < -0.3 is 26.5 Å². The summed E-state index contributed by atoms with van der Waals surface area (Å²) in [5.74, 6) is 0. The molecule has 0 amide bonds. The number of para-hydroxylation sites is 9. The highest BCUT2D eigenvalue weighted by Gasteiger charge is 2.28. The molecule has 0 N–H and O–H groups in total. The third-order valence-corrected chi connectivity index (χ3v) is 27.8. The van der Waals surface area contributed by atoms with Crippen molar-refractivity contribution in [2.45, 2.75) is 0 Å². The fourth-order valence-corrected chi connectivity index (χ4v) is 21.6. The Morgan fingerprint density at radius 1 is 0.123 bits per heavy atom. The summed E-state index contributed by atoms with van der Waals surface area (Å²) >= 11 is 0. The molecule has 30 aromatic rings. The van der Waals surface area contributed by atoms with Crippen molar-refractivity contribution in [1.82, 2.24) is 15.0 Å². The molecule has 0 saturated carbocycles. The lowest BCUT2D eigenvalue weighted by Crippen LogP contribution is -1.93. The zero-order valence-corrected chi connectivity index (χ0v) is 74.1. The van der Waals surface area contributed by atoms with Gasteiger partial charge in [-0.3, -0.25) is 0 Å². The van der Waals surface area contributed by atoms with Gasteiger partial charge in [-0.2, -0.15) is 0 Å². The highest BCUT2D eigenvalue weighted by Crippen LogP contribution is 2.52. The molecule has 21 aromatic carbocycles. The number of benzene rings is 21. The van der Waals surface area contributed by atoms with Gasteiger partial charge in [-0.25, -0.2) is 15.0 Å². The van der Waals surface area contributed by atoms with Gasteiger partial charge in [0.1, 0.15) is 67.0 Å². The Hall–Kier alpha value is -18.6. The van der Waals surface area contributed by atoms with Crippen LogP contribution in [0.4, 0.5) is 0 Å². The van der Waals surface area contributed by atoms with Crippen molar-refractivity contribution in [3.63, 3.8) is 0 Å². The van der Waals surface area contributed by atoms with E-state index in [9.17, 15) is 0 Å². The molecule has 9 heteroatoms. The van der Waals surface area contributed by atoms with Gasteiger partial charge in [-0.05, 0) is 153 Å². The van der Waals surface area contributed by atoms with E-state index in [-0.39, 0.29) is 0 Å². The average molecular weight is 1760 g/mol. The van der Waals surface area contributed by atoms with Crippen LogP contribution in [-0.2, 0) is 0 Å². The molecule has 30 rings (SSSR count). The summed E-state index contributed by atoms with van der Waals surface area (Å²) in [4.78, 5) is 15.9. The molecule has 0 aliphatic carbocycles. The fraction of sp³-hybridized carbons (Fsp3) is 0. The maximum absolute atomic E-state index is 6.53. The summed E-state index contributed by atoms with van der Waals surface area (Å²) in [6.07, 6.45) is 0. The first-order valence-electron chi connectivity index (χ1n) is 46.6. The molecule has 0 spiro atoms. The third-order valence-electron chi connectivity index (χ3n) is 27.8. The van der Waals surface area contributed by atoms with Crippen molar-refractivity contribution < 1.29 is 26.5 Å². The number of pyridine rings is 3. The van der Waals surface area contributed by atoms with Crippen molar-refractivity contribution in [1.29, 1.82) is 0 Å². The Morgan fingerprint density at radius 2 is 0.391 bits per heavy atom. The molecule has 9 nitrogen and oxygen atoms in total. The van der Waals surface area contributed by atoms with Crippen molar-refractivity contribution in [2.75, 3.05) is 0 Å². The van der Waals surface area contributed by atoms with Crippen molar-refractivity contribution in [3.8, 4) is 101 Å². The van der Waals surface area contributed by atoms with Crippen molar-refractivity contribution in [3.05, 3.63) is 455 Å². The van der Waals surface area contributed by atoms with Crippen LogP contribution < -0.4 is 0 Å². The lowest BCUT2D eigenvalue weighted by Gasteiger charge is -2.16. The molecule has 0 aliphatic rings. The predicted octanol–water partition coefficient (Wildman–Crippen LogP) is 36.6. The minimum absolute atomic E-state index is 0.862. The van der Waals surface area contributed by atoms with Crippen LogP contribution in [0, 0.1) is 0 Å². The van der Waals surface area contributed by atoms with E-state index >= 15 is 0 Å². The van der Waals surface area contributed by atoms with Crippen molar-refractivity contribution >= 4 is 197 Å². The number of aromatic nitrogens is 3.